The van der Waals surface area contributed by atoms with Gasteiger partial charge in [0.15, 0.2) is 5.69 Å². The van der Waals surface area contributed by atoms with Gasteiger partial charge < -0.3 is 5.73 Å². The number of hydrogen-bond acceptors (Lipinski definition) is 7. The lowest BCUT2D eigenvalue weighted by Gasteiger charge is -1.97. The normalized spacial score (nSPS) is 9.57. The Morgan fingerprint density at radius 3 is 2.29 bits per heavy atom. The van der Waals surface area contributed by atoms with Crippen LogP contribution in [0.3, 0.4) is 0 Å². The van der Waals surface area contributed by atoms with Gasteiger partial charge >= 0.3 is 0 Å². The Morgan fingerprint density at radius 2 is 1.79 bits per heavy atom. The first kappa shape index (κ1) is 10.4. The van der Waals surface area contributed by atoms with E-state index < -0.39 is 11.8 Å². The highest BCUT2D eigenvalue weighted by Gasteiger charge is 2.20. The molecule has 0 atom stereocenters. The number of nitrogens with two attached hydrogens (primary N) is 3. The van der Waals surface area contributed by atoms with Crippen LogP contribution in [0.2, 0.25) is 0 Å². The second-order valence-corrected chi connectivity index (χ2v) is 2.99. The number of amides is 2. The predicted octanol–water partition coefficient (Wildman–Crippen LogP) is -2.07. The number of anilines is 1. The molecule has 0 aliphatic carbocycles. The summed E-state index contributed by atoms with van der Waals surface area (Å²) >= 11 is 0.769. The Balaban J connectivity index is 3.08. The largest absolute Gasteiger partial charge is 0.395 e. The maximum atomic E-state index is 11.0. The van der Waals surface area contributed by atoms with Crippen molar-refractivity contribution < 1.29 is 9.59 Å². The van der Waals surface area contributed by atoms with Gasteiger partial charge in [0, 0.05) is 0 Å². The van der Waals surface area contributed by atoms with Crippen molar-refractivity contribution in [2.75, 3.05) is 5.73 Å². The summed E-state index contributed by atoms with van der Waals surface area (Å²) in [4.78, 5) is 22.1. The van der Waals surface area contributed by atoms with Gasteiger partial charge in [-0.3, -0.25) is 20.4 Å². The van der Waals surface area contributed by atoms with Crippen LogP contribution in [0, 0.1) is 0 Å². The molecule has 2 amide bonds. The van der Waals surface area contributed by atoms with Gasteiger partial charge in [-0.15, -0.1) is 0 Å². The Kier molecular flexibility index (Phi) is 2.96. The number of aromatic nitrogens is 1. The zero-order valence-corrected chi connectivity index (χ0v) is 7.72. The molecule has 14 heavy (non-hydrogen) atoms. The molecule has 9 heteroatoms. The van der Waals surface area contributed by atoms with Crippen molar-refractivity contribution in [3.05, 3.63) is 10.6 Å². The van der Waals surface area contributed by atoms with Crippen LogP contribution in [0.1, 0.15) is 20.2 Å². The van der Waals surface area contributed by atoms with E-state index in [-0.39, 0.29) is 16.3 Å². The number of rotatable bonds is 2. The highest BCUT2D eigenvalue weighted by Crippen LogP contribution is 2.20. The van der Waals surface area contributed by atoms with Crippen molar-refractivity contribution in [3.8, 4) is 0 Å². The standard InChI is InChI=1S/C5H8N6O2S/c6-1-2(4(12)9-7)11-14-3(1)5(13)10-8/h6-8H2,(H,9,12)(H,10,13). The van der Waals surface area contributed by atoms with Gasteiger partial charge in [-0.05, 0) is 11.5 Å². The summed E-state index contributed by atoms with van der Waals surface area (Å²) in [6, 6.07) is 0. The fraction of sp³-hybridized carbons (Fsp3) is 0. The van der Waals surface area contributed by atoms with Gasteiger partial charge in [0.05, 0.1) is 5.69 Å². The third kappa shape index (κ3) is 1.64. The van der Waals surface area contributed by atoms with Gasteiger partial charge in [-0.1, -0.05) is 0 Å². The van der Waals surface area contributed by atoms with E-state index in [2.05, 4.69) is 4.37 Å². The van der Waals surface area contributed by atoms with Crippen LogP contribution in [0.4, 0.5) is 5.69 Å². The molecule has 0 saturated heterocycles. The summed E-state index contributed by atoms with van der Waals surface area (Å²) < 4.78 is 3.66. The van der Waals surface area contributed by atoms with Crippen LogP contribution in [0.5, 0.6) is 0 Å². The molecule has 1 rings (SSSR count). The molecule has 8 N–H and O–H groups in total. The van der Waals surface area contributed by atoms with E-state index in [9.17, 15) is 9.59 Å². The van der Waals surface area contributed by atoms with Crippen molar-refractivity contribution >= 4 is 29.0 Å². The Hall–Kier alpha value is -1.71. The number of nitrogens with zero attached hydrogens (tertiary/aromatic N) is 1. The SMILES string of the molecule is NNC(=O)c1nsc(C(=O)NN)c1N. The van der Waals surface area contributed by atoms with Gasteiger partial charge in [0.2, 0.25) is 0 Å². The van der Waals surface area contributed by atoms with Crippen LogP contribution in [0.25, 0.3) is 0 Å². The zero-order chi connectivity index (χ0) is 10.7. The quantitative estimate of drug-likeness (QED) is 0.218. The number of carbonyl (C=O) groups is 2. The minimum Gasteiger partial charge on any atom is -0.395 e. The minimum atomic E-state index is -0.658. The Labute approximate surface area is 82.5 Å². The summed E-state index contributed by atoms with van der Waals surface area (Å²) in [7, 11) is 0. The summed E-state index contributed by atoms with van der Waals surface area (Å²) in [6.07, 6.45) is 0. The maximum Gasteiger partial charge on any atom is 0.287 e. The van der Waals surface area contributed by atoms with Crippen LogP contribution in [-0.2, 0) is 0 Å². The number of nitrogens with one attached hydrogen (secondary N) is 2. The molecular formula is C5H8N6O2S. The van der Waals surface area contributed by atoms with E-state index in [0.717, 1.165) is 11.5 Å². The number of carbonyl (C=O) groups excluding carboxylic acids is 2. The van der Waals surface area contributed by atoms with Gasteiger partial charge in [-0.2, -0.15) is 4.37 Å². The predicted molar refractivity (Wildman–Crippen MR) is 49.8 cm³/mol. The number of nitrogen functional groups attached to an aromatic ring is 3. The van der Waals surface area contributed by atoms with E-state index >= 15 is 0 Å². The molecule has 0 saturated carbocycles. The monoisotopic (exact) mass is 216 g/mol. The molecule has 0 aliphatic heterocycles. The number of hydrogen-bond donors (Lipinski definition) is 5. The summed E-state index contributed by atoms with van der Waals surface area (Å²) in [5.41, 5.74) is 9.08. The highest BCUT2D eigenvalue weighted by atomic mass is 32.1. The summed E-state index contributed by atoms with van der Waals surface area (Å²) in [6.45, 7) is 0. The maximum absolute atomic E-state index is 11.0. The van der Waals surface area contributed by atoms with Crippen LogP contribution < -0.4 is 28.3 Å². The van der Waals surface area contributed by atoms with Crippen molar-refractivity contribution in [2.45, 2.75) is 0 Å². The lowest BCUT2D eigenvalue weighted by atomic mass is 10.3. The molecule has 8 nitrogen and oxygen atoms in total. The molecule has 0 spiro atoms. The topological polar surface area (TPSA) is 149 Å². The molecule has 0 unspecified atom stereocenters. The lowest BCUT2D eigenvalue weighted by Crippen LogP contribution is -2.32. The zero-order valence-electron chi connectivity index (χ0n) is 6.90. The second-order valence-electron chi connectivity index (χ2n) is 2.22. The van der Waals surface area contributed by atoms with Crippen molar-refractivity contribution in [2.24, 2.45) is 11.7 Å². The van der Waals surface area contributed by atoms with Crippen LogP contribution in [-0.4, -0.2) is 16.2 Å². The van der Waals surface area contributed by atoms with Gasteiger partial charge in [0.25, 0.3) is 11.8 Å². The average Bonchev–Trinajstić information content (AvgIpc) is 2.58. The van der Waals surface area contributed by atoms with E-state index in [1.165, 1.54) is 0 Å². The van der Waals surface area contributed by atoms with Crippen molar-refractivity contribution in [1.29, 1.82) is 0 Å². The molecule has 0 aliphatic rings. The second kappa shape index (κ2) is 4.00. The van der Waals surface area contributed by atoms with E-state index in [1.54, 1.807) is 0 Å². The van der Waals surface area contributed by atoms with E-state index in [4.69, 9.17) is 17.4 Å². The smallest absolute Gasteiger partial charge is 0.287 e. The Bertz CT molecular complexity index is 341. The summed E-state index contributed by atoms with van der Waals surface area (Å²) in [5.74, 6) is 8.51. The number of hydrazine groups is 2. The van der Waals surface area contributed by atoms with E-state index in [1.807, 2.05) is 10.9 Å². The molecule has 0 bridgehead atoms. The molecule has 1 aromatic heterocycles. The van der Waals surface area contributed by atoms with E-state index in [0.29, 0.717) is 0 Å². The molecule has 0 aromatic carbocycles. The molecule has 1 heterocycles. The Morgan fingerprint density at radius 1 is 1.21 bits per heavy atom. The fourth-order valence-corrected chi connectivity index (χ4v) is 1.46. The average molecular weight is 216 g/mol. The summed E-state index contributed by atoms with van der Waals surface area (Å²) in [5, 5.41) is 0. The first-order valence-corrected chi connectivity index (χ1v) is 4.16. The van der Waals surface area contributed by atoms with Crippen molar-refractivity contribution in [3.63, 3.8) is 0 Å². The van der Waals surface area contributed by atoms with Gasteiger partial charge in [-0.25, -0.2) is 11.7 Å². The first-order chi connectivity index (χ1) is 6.61. The molecule has 0 fully saturated rings. The molecule has 76 valence electrons. The first-order valence-electron chi connectivity index (χ1n) is 3.38. The van der Waals surface area contributed by atoms with Crippen molar-refractivity contribution in [1.82, 2.24) is 15.2 Å². The third-order valence-electron chi connectivity index (χ3n) is 1.41. The molecule has 1 aromatic rings. The minimum absolute atomic E-state index is 0.0408. The lowest BCUT2D eigenvalue weighted by molar-refractivity contribution is 0.0949. The molecule has 0 radical (unpaired) electrons. The third-order valence-corrected chi connectivity index (χ3v) is 2.27. The van der Waals surface area contributed by atoms with Gasteiger partial charge in [0.1, 0.15) is 4.88 Å². The fourth-order valence-electron chi connectivity index (χ4n) is 0.759. The highest BCUT2D eigenvalue weighted by molar-refractivity contribution is 7.09. The molecular weight excluding hydrogens is 208 g/mol. The van der Waals surface area contributed by atoms with Crippen LogP contribution in [0.15, 0.2) is 0 Å². The van der Waals surface area contributed by atoms with Crippen LogP contribution >= 0.6 is 11.5 Å².